The predicted octanol–water partition coefficient (Wildman–Crippen LogP) is 3.40. The van der Waals surface area contributed by atoms with E-state index in [0.29, 0.717) is 16.9 Å². The number of carbonyl (C=O) groups excluding carboxylic acids is 1. The van der Waals surface area contributed by atoms with Crippen molar-refractivity contribution in [3.05, 3.63) is 74.7 Å². The fourth-order valence-corrected chi connectivity index (χ4v) is 3.26. The molecule has 1 heterocycles. The zero-order valence-electron chi connectivity index (χ0n) is 17.0. The van der Waals surface area contributed by atoms with Gasteiger partial charge < -0.3 is 15.2 Å². The van der Waals surface area contributed by atoms with Crippen LogP contribution < -0.4 is 15.6 Å². The van der Waals surface area contributed by atoms with Gasteiger partial charge in [0.1, 0.15) is 17.3 Å². The van der Waals surface area contributed by atoms with E-state index >= 15 is 0 Å². The normalized spacial score (nSPS) is 11.1. The molecular weight excluding hydrogens is 420 g/mol. The average molecular weight is 439 g/mol. The van der Waals surface area contributed by atoms with Crippen molar-refractivity contribution in [3.63, 3.8) is 0 Å². The number of benzene rings is 2. The summed E-state index contributed by atoms with van der Waals surface area (Å²) in [5, 5.41) is 21.9. The minimum atomic E-state index is -0.753. The molecule has 0 saturated heterocycles. The maximum Gasteiger partial charge on any atom is 0.295 e. The van der Waals surface area contributed by atoms with Crippen LogP contribution in [0.5, 0.6) is 11.5 Å². The van der Waals surface area contributed by atoms with Crippen LogP contribution in [-0.4, -0.2) is 27.5 Å². The first kappa shape index (κ1) is 21.7. The number of ether oxygens (including phenoxy) is 1. The molecule has 0 radical (unpaired) electrons. The van der Waals surface area contributed by atoms with E-state index in [-0.39, 0.29) is 27.8 Å². The maximum atomic E-state index is 12.9. The molecule has 0 unspecified atom stereocenters. The molecule has 3 rings (SSSR count). The van der Waals surface area contributed by atoms with E-state index in [1.54, 1.807) is 42.9 Å². The second-order valence-electron chi connectivity index (χ2n) is 6.61. The molecule has 1 amide bonds. The van der Waals surface area contributed by atoms with Gasteiger partial charge in [-0.05, 0) is 42.8 Å². The molecule has 1 aromatic heterocycles. The number of halogens is 1. The Balaban J connectivity index is 1.98. The lowest BCUT2D eigenvalue weighted by Gasteiger charge is -2.07. The summed E-state index contributed by atoms with van der Waals surface area (Å²) in [5.74, 6) is -0.900. The van der Waals surface area contributed by atoms with Gasteiger partial charge in [-0.3, -0.25) is 14.3 Å². The van der Waals surface area contributed by atoms with Gasteiger partial charge >= 0.3 is 0 Å². The van der Waals surface area contributed by atoms with Crippen molar-refractivity contribution >= 4 is 29.3 Å². The highest BCUT2D eigenvalue weighted by Crippen LogP contribution is 2.35. The van der Waals surface area contributed by atoms with E-state index < -0.39 is 11.5 Å². The molecule has 0 spiro atoms. The van der Waals surface area contributed by atoms with Crippen LogP contribution in [-0.2, 0) is 11.8 Å². The van der Waals surface area contributed by atoms with E-state index in [4.69, 9.17) is 16.3 Å². The number of phenols is 1. The van der Waals surface area contributed by atoms with Crippen molar-refractivity contribution in [1.29, 1.82) is 5.26 Å². The number of carbonyl (C=O) groups is 1. The SMILES string of the molecule is COc1cc(/C=C(\C#N)C(=O)Nc2c(C)n(C)n(-c3ccccc3)c2=O)cc(Cl)c1O. The molecule has 0 aliphatic rings. The zero-order valence-corrected chi connectivity index (χ0v) is 17.8. The number of para-hydroxylation sites is 1. The van der Waals surface area contributed by atoms with Crippen LogP contribution in [0.3, 0.4) is 0 Å². The zero-order chi connectivity index (χ0) is 22.7. The number of aromatic hydroxyl groups is 1. The van der Waals surface area contributed by atoms with Crippen LogP contribution in [0.1, 0.15) is 11.3 Å². The minimum Gasteiger partial charge on any atom is -0.503 e. The molecule has 0 atom stereocenters. The summed E-state index contributed by atoms with van der Waals surface area (Å²) in [5.41, 5.74) is 0.926. The molecule has 2 aromatic carbocycles. The molecular formula is C22H19ClN4O4. The van der Waals surface area contributed by atoms with Gasteiger partial charge in [-0.25, -0.2) is 4.68 Å². The van der Waals surface area contributed by atoms with Gasteiger partial charge in [0.2, 0.25) is 0 Å². The molecule has 3 aromatic rings. The summed E-state index contributed by atoms with van der Waals surface area (Å²) >= 11 is 5.96. The van der Waals surface area contributed by atoms with Gasteiger partial charge in [-0.1, -0.05) is 29.8 Å². The molecule has 2 N–H and O–H groups in total. The lowest BCUT2D eigenvalue weighted by molar-refractivity contribution is -0.112. The number of anilines is 1. The van der Waals surface area contributed by atoms with Crippen molar-refractivity contribution in [3.8, 4) is 23.3 Å². The number of nitriles is 1. The van der Waals surface area contributed by atoms with E-state index in [1.807, 2.05) is 12.1 Å². The molecule has 158 valence electrons. The van der Waals surface area contributed by atoms with Crippen molar-refractivity contribution in [2.75, 3.05) is 12.4 Å². The van der Waals surface area contributed by atoms with Gasteiger partial charge in [-0.2, -0.15) is 5.26 Å². The van der Waals surface area contributed by atoms with Gasteiger partial charge in [0.05, 0.1) is 23.5 Å². The van der Waals surface area contributed by atoms with Gasteiger partial charge in [0.25, 0.3) is 11.5 Å². The second kappa shape index (κ2) is 8.81. The Labute approximate surface area is 183 Å². The minimum absolute atomic E-state index is 0.00736. The van der Waals surface area contributed by atoms with Crippen LogP contribution in [0.2, 0.25) is 5.02 Å². The fraction of sp³-hybridized carbons (Fsp3) is 0.136. The standard InChI is InChI=1S/C22H19ClN4O4/c1-13-19(22(30)27(26(13)2)16-7-5-4-6-8-16)25-21(29)15(12-24)9-14-10-17(23)20(28)18(11-14)31-3/h4-11,28H,1-3H3,(H,25,29)/b15-9+. The third-order valence-electron chi connectivity index (χ3n) is 4.74. The van der Waals surface area contributed by atoms with Crippen LogP contribution in [0.25, 0.3) is 11.8 Å². The smallest absolute Gasteiger partial charge is 0.295 e. The Bertz CT molecular complexity index is 1280. The summed E-state index contributed by atoms with van der Waals surface area (Å²) < 4.78 is 8.07. The quantitative estimate of drug-likeness (QED) is 0.468. The number of nitrogens with one attached hydrogen (secondary N) is 1. The molecule has 0 aliphatic carbocycles. The highest BCUT2D eigenvalue weighted by molar-refractivity contribution is 6.32. The number of hydrogen-bond donors (Lipinski definition) is 2. The molecule has 0 aliphatic heterocycles. The fourth-order valence-electron chi connectivity index (χ4n) is 3.04. The largest absolute Gasteiger partial charge is 0.503 e. The van der Waals surface area contributed by atoms with Gasteiger partial charge in [0.15, 0.2) is 11.5 Å². The van der Waals surface area contributed by atoms with Crippen molar-refractivity contribution < 1.29 is 14.6 Å². The van der Waals surface area contributed by atoms with Crippen LogP contribution in [0, 0.1) is 18.3 Å². The first-order valence-electron chi connectivity index (χ1n) is 9.12. The summed E-state index contributed by atoms with van der Waals surface area (Å²) in [6.07, 6.45) is 1.29. The molecule has 0 saturated carbocycles. The third-order valence-corrected chi connectivity index (χ3v) is 5.03. The molecule has 31 heavy (non-hydrogen) atoms. The first-order valence-corrected chi connectivity index (χ1v) is 9.50. The highest BCUT2D eigenvalue weighted by atomic mass is 35.5. The number of methoxy groups -OCH3 is 1. The predicted molar refractivity (Wildman–Crippen MR) is 118 cm³/mol. The summed E-state index contributed by atoms with van der Waals surface area (Å²) in [6.45, 7) is 1.69. The third kappa shape index (κ3) is 4.17. The summed E-state index contributed by atoms with van der Waals surface area (Å²) in [4.78, 5) is 25.7. The lowest BCUT2D eigenvalue weighted by Crippen LogP contribution is -2.23. The Morgan fingerprint density at radius 1 is 1.29 bits per heavy atom. The van der Waals surface area contributed by atoms with E-state index in [0.717, 1.165) is 0 Å². The lowest BCUT2D eigenvalue weighted by atomic mass is 10.1. The average Bonchev–Trinajstić information content (AvgIpc) is 2.97. The molecule has 0 bridgehead atoms. The van der Waals surface area contributed by atoms with Crippen LogP contribution in [0.15, 0.2) is 52.8 Å². The van der Waals surface area contributed by atoms with Gasteiger partial charge in [0, 0.05) is 7.05 Å². The van der Waals surface area contributed by atoms with E-state index in [1.165, 1.54) is 30.0 Å². The van der Waals surface area contributed by atoms with Crippen LogP contribution in [0.4, 0.5) is 5.69 Å². The van der Waals surface area contributed by atoms with E-state index in [9.17, 15) is 20.0 Å². The first-order chi connectivity index (χ1) is 14.8. The Kier molecular flexibility index (Phi) is 6.18. The van der Waals surface area contributed by atoms with Crippen molar-refractivity contribution in [1.82, 2.24) is 9.36 Å². The summed E-state index contributed by atoms with van der Waals surface area (Å²) in [7, 11) is 3.05. The number of rotatable bonds is 5. The number of aromatic nitrogens is 2. The molecule has 8 nitrogen and oxygen atoms in total. The van der Waals surface area contributed by atoms with Crippen molar-refractivity contribution in [2.24, 2.45) is 7.05 Å². The Morgan fingerprint density at radius 2 is 1.97 bits per heavy atom. The molecule has 0 fully saturated rings. The van der Waals surface area contributed by atoms with E-state index in [2.05, 4.69) is 5.32 Å². The number of phenolic OH excluding ortho intramolecular Hbond substituents is 1. The second-order valence-corrected chi connectivity index (χ2v) is 7.02. The topological polar surface area (TPSA) is 109 Å². The molecule has 9 heteroatoms. The number of hydrogen-bond acceptors (Lipinski definition) is 5. The number of amides is 1. The number of nitrogens with zero attached hydrogens (tertiary/aromatic N) is 3. The van der Waals surface area contributed by atoms with Crippen molar-refractivity contribution in [2.45, 2.75) is 6.92 Å². The van der Waals surface area contributed by atoms with Gasteiger partial charge in [-0.15, -0.1) is 0 Å². The maximum absolute atomic E-state index is 12.9. The Hall–Kier alpha value is -3.96. The van der Waals surface area contributed by atoms with Crippen LogP contribution >= 0.6 is 11.6 Å². The highest BCUT2D eigenvalue weighted by Gasteiger charge is 2.20. The Morgan fingerprint density at radius 3 is 2.58 bits per heavy atom. The summed E-state index contributed by atoms with van der Waals surface area (Å²) in [6, 6.07) is 13.6. The monoisotopic (exact) mass is 438 g/mol.